The Balaban J connectivity index is 1.54. The standard InChI is InChI=1S/C24H27BClN5O2/c1-25(33)29-12-13-30-21(17-29)16-28(11-10-18-6-3-2-4-7-18)23-22(30)15-27-31(24(23)32)20-9-5-8-19(26)14-20/h2-9,14-15,21,33H,10-13,16-17H2,1H3. The summed E-state index contributed by atoms with van der Waals surface area (Å²) in [6.07, 6.45) is 2.64. The second-order valence-electron chi connectivity index (χ2n) is 8.73. The zero-order valence-corrected chi connectivity index (χ0v) is 19.4. The summed E-state index contributed by atoms with van der Waals surface area (Å²) in [7, 11) is -0.486. The third-order valence-corrected chi connectivity index (χ3v) is 6.83. The first kappa shape index (κ1) is 22.0. The van der Waals surface area contributed by atoms with Crippen LogP contribution >= 0.6 is 11.6 Å². The third kappa shape index (κ3) is 4.38. The molecule has 2 aliphatic rings. The monoisotopic (exact) mass is 463 g/mol. The lowest BCUT2D eigenvalue weighted by atomic mass is 9.83. The number of anilines is 2. The van der Waals surface area contributed by atoms with Crippen molar-refractivity contribution in [1.82, 2.24) is 14.6 Å². The van der Waals surface area contributed by atoms with Crippen LogP contribution in [0, 0.1) is 0 Å². The topological polar surface area (TPSA) is 64.8 Å². The molecule has 1 saturated heterocycles. The first-order valence-electron chi connectivity index (χ1n) is 11.4. The molecule has 7 nitrogen and oxygen atoms in total. The van der Waals surface area contributed by atoms with Crippen LogP contribution in [0.3, 0.4) is 0 Å². The Morgan fingerprint density at radius 1 is 1.12 bits per heavy atom. The smallest absolute Gasteiger partial charge is 0.376 e. The average molecular weight is 464 g/mol. The fraction of sp³-hybridized carbons (Fsp3) is 0.333. The van der Waals surface area contributed by atoms with Gasteiger partial charge in [-0.3, -0.25) is 4.79 Å². The maximum Gasteiger partial charge on any atom is 0.376 e. The van der Waals surface area contributed by atoms with Gasteiger partial charge in [-0.15, -0.1) is 0 Å². The minimum atomic E-state index is -0.486. The molecule has 170 valence electrons. The van der Waals surface area contributed by atoms with Crippen LogP contribution in [0.25, 0.3) is 5.69 Å². The molecule has 33 heavy (non-hydrogen) atoms. The maximum atomic E-state index is 13.7. The number of rotatable bonds is 5. The average Bonchev–Trinajstić information content (AvgIpc) is 2.82. The molecule has 3 heterocycles. The molecule has 1 unspecified atom stereocenters. The lowest BCUT2D eigenvalue weighted by Gasteiger charge is -2.49. The quantitative estimate of drug-likeness (QED) is 0.587. The summed E-state index contributed by atoms with van der Waals surface area (Å²) >= 11 is 6.18. The van der Waals surface area contributed by atoms with Crippen molar-refractivity contribution in [3.8, 4) is 5.69 Å². The van der Waals surface area contributed by atoms with Crippen molar-refractivity contribution in [2.45, 2.75) is 19.3 Å². The summed E-state index contributed by atoms with van der Waals surface area (Å²) < 4.78 is 1.44. The van der Waals surface area contributed by atoms with Gasteiger partial charge < -0.3 is 19.6 Å². The van der Waals surface area contributed by atoms with E-state index in [1.54, 1.807) is 18.3 Å². The number of aromatic nitrogens is 2. The van der Waals surface area contributed by atoms with Gasteiger partial charge in [0.2, 0.25) is 0 Å². The van der Waals surface area contributed by atoms with Gasteiger partial charge in [-0.25, -0.2) is 0 Å². The van der Waals surface area contributed by atoms with E-state index in [4.69, 9.17) is 11.6 Å². The molecule has 2 aromatic carbocycles. The Morgan fingerprint density at radius 2 is 1.94 bits per heavy atom. The minimum Gasteiger partial charge on any atom is -0.437 e. The number of nitrogens with zero attached hydrogens (tertiary/aromatic N) is 5. The Kier molecular flexibility index (Phi) is 6.14. The number of fused-ring (bicyclic) bond motifs is 3. The van der Waals surface area contributed by atoms with Crippen molar-refractivity contribution in [2.75, 3.05) is 42.5 Å². The van der Waals surface area contributed by atoms with Gasteiger partial charge in [-0.2, -0.15) is 9.78 Å². The summed E-state index contributed by atoms with van der Waals surface area (Å²) in [5, 5.41) is 15.2. The zero-order valence-electron chi connectivity index (χ0n) is 18.6. The highest BCUT2D eigenvalue weighted by Crippen LogP contribution is 2.34. The normalized spacial score (nSPS) is 18.1. The van der Waals surface area contributed by atoms with E-state index in [-0.39, 0.29) is 11.6 Å². The van der Waals surface area contributed by atoms with Gasteiger partial charge in [0, 0.05) is 37.7 Å². The first-order chi connectivity index (χ1) is 16.0. The van der Waals surface area contributed by atoms with Crippen molar-refractivity contribution >= 4 is 30.0 Å². The van der Waals surface area contributed by atoms with Crippen LogP contribution in [0.15, 0.2) is 65.6 Å². The summed E-state index contributed by atoms with van der Waals surface area (Å²) in [4.78, 5) is 20.3. The Hall–Kier alpha value is -2.81. The maximum absolute atomic E-state index is 13.7. The van der Waals surface area contributed by atoms with Gasteiger partial charge in [0.05, 0.1) is 23.6 Å². The van der Waals surface area contributed by atoms with Crippen molar-refractivity contribution in [3.63, 3.8) is 0 Å². The van der Waals surface area contributed by atoms with E-state index >= 15 is 0 Å². The molecule has 0 saturated carbocycles. The molecule has 3 aromatic rings. The van der Waals surface area contributed by atoms with Crippen LogP contribution in [0.2, 0.25) is 11.8 Å². The molecule has 9 heteroatoms. The van der Waals surface area contributed by atoms with Crippen LogP contribution < -0.4 is 15.4 Å². The van der Waals surface area contributed by atoms with Gasteiger partial charge >= 0.3 is 7.05 Å². The molecule has 1 N–H and O–H groups in total. The second kappa shape index (κ2) is 9.21. The fourth-order valence-electron chi connectivity index (χ4n) is 4.88. The molecule has 0 spiro atoms. The number of piperazine rings is 1. The van der Waals surface area contributed by atoms with Crippen molar-refractivity contribution in [2.24, 2.45) is 0 Å². The van der Waals surface area contributed by atoms with Crippen molar-refractivity contribution in [1.29, 1.82) is 0 Å². The summed E-state index contributed by atoms with van der Waals surface area (Å²) in [6.45, 7) is 5.50. The third-order valence-electron chi connectivity index (χ3n) is 6.60. The number of hydrogen-bond acceptors (Lipinski definition) is 6. The highest BCUT2D eigenvalue weighted by molar-refractivity contribution is 6.45. The minimum absolute atomic E-state index is 0.140. The number of hydrogen-bond donors (Lipinski definition) is 1. The van der Waals surface area contributed by atoms with Gasteiger partial charge in [-0.05, 0) is 37.0 Å². The molecular weight excluding hydrogens is 437 g/mol. The first-order valence-corrected chi connectivity index (χ1v) is 11.7. The highest BCUT2D eigenvalue weighted by atomic mass is 35.5. The lowest BCUT2D eigenvalue weighted by Crippen LogP contribution is -2.63. The van der Waals surface area contributed by atoms with E-state index in [2.05, 4.69) is 31.8 Å². The van der Waals surface area contributed by atoms with Gasteiger partial charge in [0.15, 0.2) is 0 Å². The van der Waals surface area contributed by atoms with E-state index in [9.17, 15) is 9.82 Å². The highest BCUT2D eigenvalue weighted by Gasteiger charge is 2.38. The molecule has 0 aliphatic carbocycles. The van der Waals surface area contributed by atoms with Crippen molar-refractivity contribution < 1.29 is 5.02 Å². The molecule has 1 fully saturated rings. The largest absolute Gasteiger partial charge is 0.437 e. The van der Waals surface area contributed by atoms with E-state index in [0.29, 0.717) is 16.4 Å². The van der Waals surface area contributed by atoms with Gasteiger partial charge in [0.25, 0.3) is 5.56 Å². The van der Waals surface area contributed by atoms with Gasteiger partial charge in [-0.1, -0.05) is 48.0 Å². The molecule has 0 amide bonds. The molecule has 2 aliphatic heterocycles. The fourth-order valence-corrected chi connectivity index (χ4v) is 5.07. The predicted octanol–water partition coefficient (Wildman–Crippen LogP) is 2.55. The van der Waals surface area contributed by atoms with Gasteiger partial charge in [0.1, 0.15) is 5.69 Å². The Labute approximate surface area is 198 Å². The summed E-state index contributed by atoms with van der Waals surface area (Å²) in [5.41, 5.74) is 3.30. The summed E-state index contributed by atoms with van der Waals surface area (Å²) in [5.74, 6) is 0. The zero-order chi connectivity index (χ0) is 22.9. The van der Waals surface area contributed by atoms with E-state index in [1.807, 2.05) is 37.2 Å². The Morgan fingerprint density at radius 3 is 2.70 bits per heavy atom. The predicted molar refractivity (Wildman–Crippen MR) is 134 cm³/mol. The van der Waals surface area contributed by atoms with Crippen LogP contribution in [0.1, 0.15) is 5.56 Å². The summed E-state index contributed by atoms with van der Waals surface area (Å²) in [6, 6.07) is 17.7. The molecule has 1 aromatic heterocycles. The van der Waals surface area contributed by atoms with Crippen LogP contribution in [-0.4, -0.2) is 65.4 Å². The molecule has 5 rings (SSSR count). The van der Waals surface area contributed by atoms with Crippen LogP contribution in [0.5, 0.6) is 0 Å². The van der Waals surface area contributed by atoms with Crippen LogP contribution in [0.4, 0.5) is 11.4 Å². The Bertz CT molecular complexity index is 1190. The molecule has 0 bridgehead atoms. The molecular formula is C24H27BClN5O2. The SMILES string of the molecule is CB(O)N1CCN2c3cnn(-c4cccc(Cl)c4)c(=O)c3N(CCc3ccccc3)CC2C1. The molecule has 1 atom stereocenters. The molecule has 0 radical (unpaired) electrons. The van der Waals surface area contributed by atoms with E-state index in [0.717, 1.165) is 44.8 Å². The van der Waals surface area contributed by atoms with Crippen molar-refractivity contribution in [3.05, 3.63) is 81.7 Å². The van der Waals surface area contributed by atoms with E-state index in [1.165, 1.54) is 10.2 Å². The van der Waals surface area contributed by atoms with E-state index < -0.39 is 7.05 Å². The second-order valence-corrected chi connectivity index (χ2v) is 9.17. The van der Waals surface area contributed by atoms with Crippen LogP contribution in [-0.2, 0) is 6.42 Å². The number of halogens is 1. The number of benzene rings is 2. The lowest BCUT2D eigenvalue weighted by molar-refractivity contribution is 0.296.